The van der Waals surface area contributed by atoms with Crippen molar-refractivity contribution in [2.75, 3.05) is 12.4 Å². The van der Waals surface area contributed by atoms with Crippen LogP contribution in [0.3, 0.4) is 0 Å². The molecule has 0 saturated heterocycles. The number of amides is 1. The summed E-state index contributed by atoms with van der Waals surface area (Å²) in [5.41, 5.74) is 1.51. The van der Waals surface area contributed by atoms with E-state index < -0.39 is 5.97 Å². The summed E-state index contributed by atoms with van der Waals surface area (Å²) in [7, 11) is 1.29. The molecule has 1 N–H and O–H groups in total. The van der Waals surface area contributed by atoms with E-state index in [9.17, 15) is 9.59 Å². The second-order valence-electron chi connectivity index (χ2n) is 4.14. The van der Waals surface area contributed by atoms with Crippen molar-refractivity contribution in [3.05, 3.63) is 34.7 Å². The van der Waals surface area contributed by atoms with Gasteiger partial charge in [-0.15, -0.1) is 11.3 Å². The highest BCUT2D eigenvalue weighted by atomic mass is 35.5. The molecule has 0 aliphatic heterocycles. The van der Waals surface area contributed by atoms with Crippen molar-refractivity contribution in [1.82, 2.24) is 4.98 Å². The first kappa shape index (κ1) is 15.5. The van der Waals surface area contributed by atoms with Crippen LogP contribution in [0, 0.1) is 0 Å². The van der Waals surface area contributed by atoms with E-state index in [1.165, 1.54) is 18.4 Å². The molecule has 0 spiro atoms. The summed E-state index contributed by atoms with van der Waals surface area (Å²) in [4.78, 5) is 26.9. The van der Waals surface area contributed by atoms with Crippen molar-refractivity contribution < 1.29 is 14.3 Å². The van der Waals surface area contributed by atoms with Crippen LogP contribution in [-0.4, -0.2) is 24.0 Å². The molecule has 0 aliphatic rings. The summed E-state index contributed by atoms with van der Waals surface area (Å²) in [6, 6.07) is 7.36. The van der Waals surface area contributed by atoms with Gasteiger partial charge in [0.2, 0.25) is 5.91 Å². The van der Waals surface area contributed by atoms with Crippen LogP contribution in [0.1, 0.15) is 12.8 Å². The minimum Gasteiger partial charge on any atom is -0.469 e. The number of rotatable bonds is 5. The standard InChI is InChI=1S/C14H13ClN2O3S/c1-20-13(19)7-6-12(18)17-14-16-11(8-21-14)9-4-2-3-5-10(9)15/h2-5,8H,6-7H2,1H3,(H,16,17,18). The van der Waals surface area contributed by atoms with Crippen LogP contribution in [0.15, 0.2) is 29.6 Å². The SMILES string of the molecule is COC(=O)CCC(=O)Nc1nc(-c2ccccc2Cl)cs1. The van der Waals surface area contributed by atoms with Gasteiger partial charge in [0.25, 0.3) is 0 Å². The molecule has 0 bridgehead atoms. The molecule has 1 heterocycles. The van der Waals surface area contributed by atoms with Crippen LogP contribution in [-0.2, 0) is 14.3 Å². The average molecular weight is 325 g/mol. The summed E-state index contributed by atoms with van der Waals surface area (Å²) in [5, 5.41) is 5.54. The van der Waals surface area contributed by atoms with Gasteiger partial charge in [-0.25, -0.2) is 4.98 Å². The van der Waals surface area contributed by atoms with Gasteiger partial charge in [0.1, 0.15) is 0 Å². The van der Waals surface area contributed by atoms with E-state index in [0.29, 0.717) is 15.8 Å². The van der Waals surface area contributed by atoms with Crippen molar-refractivity contribution in [2.45, 2.75) is 12.8 Å². The number of esters is 1. The van der Waals surface area contributed by atoms with E-state index >= 15 is 0 Å². The largest absolute Gasteiger partial charge is 0.469 e. The van der Waals surface area contributed by atoms with Crippen LogP contribution in [0.5, 0.6) is 0 Å². The number of nitrogens with one attached hydrogen (secondary N) is 1. The minimum absolute atomic E-state index is 0.0467. The number of methoxy groups -OCH3 is 1. The molecule has 2 rings (SSSR count). The third-order valence-electron chi connectivity index (χ3n) is 2.68. The topological polar surface area (TPSA) is 68.3 Å². The Bertz CT molecular complexity index is 657. The van der Waals surface area contributed by atoms with Gasteiger partial charge in [-0.05, 0) is 6.07 Å². The van der Waals surface area contributed by atoms with E-state index in [-0.39, 0.29) is 18.7 Å². The lowest BCUT2D eigenvalue weighted by molar-refractivity contribution is -0.141. The maximum Gasteiger partial charge on any atom is 0.306 e. The summed E-state index contributed by atoms with van der Waals surface area (Å²) < 4.78 is 4.48. The molecule has 1 aromatic heterocycles. The average Bonchev–Trinajstić information content (AvgIpc) is 2.93. The van der Waals surface area contributed by atoms with Crippen molar-refractivity contribution >= 4 is 39.9 Å². The first-order valence-electron chi connectivity index (χ1n) is 6.17. The Morgan fingerprint density at radius 2 is 2.10 bits per heavy atom. The maximum absolute atomic E-state index is 11.7. The number of carbonyl (C=O) groups excluding carboxylic acids is 2. The highest BCUT2D eigenvalue weighted by Gasteiger charge is 2.11. The number of halogens is 1. The molecule has 21 heavy (non-hydrogen) atoms. The van der Waals surface area contributed by atoms with Crippen molar-refractivity contribution in [3.8, 4) is 11.3 Å². The second kappa shape index (κ2) is 7.19. The fourth-order valence-electron chi connectivity index (χ4n) is 1.62. The molecule has 110 valence electrons. The molecule has 0 radical (unpaired) electrons. The molecule has 1 aromatic carbocycles. The first-order chi connectivity index (χ1) is 10.1. The van der Waals surface area contributed by atoms with Gasteiger partial charge in [-0.2, -0.15) is 0 Å². The molecular formula is C14H13ClN2O3S. The number of benzene rings is 1. The molecule has 0 saturated carbocycles. The number of anilines is 1. The number of carbonyl (C=O) groups is 2. The van der Waals surface area contributed by atoms with Crippen LogP contribution < -0.4 is 5.32 Å². The smallest absolute Gasteiger partial charge is 0.306 e. The minimum atomic E-state index is -0.416. The molecule has 0 fully saturated rings. The number of ether oxygens (including phenoxy) is 1. The van der Waals surface area contributed by atoms with Gasteiger partial charge < -0.3 is 10.1 Å². The lowest BCUT2D eigenvalue weighted by Crippen LogP contribution is -2.13. The number of aromatic nitrogens is 1. The zero-order valence-corrected chi connectivity index (χ0v) is 12.8. The molecule has 0 atom stereocenters. The van der Waals surface area contributed by atoms with E-state index in [1.807, 2.05) is 23.6 Å². The Morgan fingerprint density at radius 3 is 2.81 bits per heavy atom. The summed E-state index contributed by atoms with van der Waals surface area (Å²) in [6.07, 6.45) is 0.110. The Balaban J connectivity index is 1.99. The Hall–Kier alpha value is -1.92. The molecule has 0 unspecified atom stereocenters. The van der Waals surface area contributed by atoms with Gasteiger partial charge in [0.05, 0.1) is 19.2 Å². The number of thiazole rings is 1. The number of hydrogen-bond acceptors (Lipinski definition) is 5. The zero-order chi connectivity index (χ0) is 15.2. The summed E-state index contributed by atoms with van der Waals surface area (Å²) in [5.74, 6) is -0.693. The number of nitrogens with zero attached hydrogens (tertiary/aromatic N) is 1. The van der Waals surface area contributed by atoms with Crippen LogP contribution >= 0.6 is 22.9 Å². The first-order valence-corrected chi connectivity index (χ1v) is 7.43. The fourth-order valence-corrected chi connectivity index (χ4v) is 2.58. The molecule has 1 amide bonds. The fraction of sp³-hybridized carbons (Fsp3) is 0.214. The summed E-state index contributed by atoms with van der Waals surface area (Å²) in [6.45, 7) is 0. The molecule has 7 heteroatoms. The van der Waals surface area contributed by atoms with Gasteiger partial charge in [0, 0.05) is 22.4 Å². The Labute approximate surface area is 130 Å². The molecular weight excluding hydrogens is 312 g/mol. The van der Waals surface area contributed by atoms with Crippen LogP contribution in [0.2, 0.25) is 5.02 Å². The molecule has 0 aliphatic carbocycles. The quantitative estimate of drug-likeness (QED) is 0.856. The third-order valence-corrected chi connectivity index (χ3v) is 3.77. The highest BCUT2D eigenvalue weighted by Crippen LogP contribution is 2.30. The lowest BCUT2D eigenvalue weighted by Gasteiger charge is -2.01. The Morgan fingerprint density at radius 1 is 1.33 bits per heavy atom. The van der Waals surface area contributed by atoms with Gasteiger partial charge >= 0.3 is 5.97 Å². The Kier molecular flexibility index (Phi) is 5.30. The number of hydrogen-bond donors (Lipinski definition) is 1. The predicted molar refractivity (Wildman–Crippen MR) is 82.4 cm³/mol. The van der Waals surface area contributed by atoms with E-state index in [0.717, 1.165) is 5.56 Å². The third kappa shape index (κ3) is 4.27. The molecule has 2 aromatic rings. The van der Waals surface area contributed by atoms with E-state index in [1.54, 1.807) is 6.07 Å². The van der Waals surface area contributed by atoms with E-state index in [2.05, 4.69) is 15.0 Å². The maximum atomic E-state index is 11.7. The predicted octanol–water partition coefficient (Wildman–Crippen LogP) is 3.36. The van der Waals surface area contributed by atoms with Crippen LogP contribution in [0.4, 0.5) is 5.13 Å². The van der Waals surface area contributed by atoms with E-state index in [4.69, 9.17) is 11.6 Å². The van der Waals surface area contributed by atoms with Gasteiger partial charge in [0.15, 0.2) is 5.13 Å². The lowest BCUT2D eigenvalue weighted by atomic mass is 10.2. The summed E-state index contributed by atoms with van der Waals surface area (Å²) >= 11 is 7.40. The normalized spacial score (nSPS) is 10.2. The molecule has 5 nitrogen and oxygen atoms in total. The monoisotopic (exact) mass is 324 g/mol. The van der Waals surface area contributed by atoms with Crippen LogP contribution in [0.25, 0.3) is 11.3 Å². The van der Waals surface area contributed by atoms with Gasteiger partial charge in [-0.1, -0.05) is 29.8 Å². The highest BCUT2D eigenvalue weighted by molar-refractivity contribution is 7.14. The second-order valence-corrected chi connectivity index (χ2v) is 5.41. The van der Waals surface area contributed by atoms with Crippen molar-refractivity contribution in [2.24, 2.45) is 0 Å². The van der Waals surface area contributed by atoms with Crippen molar-refractivity contribution in [1.29, 1.82) is 0 Å². The zero-order valence-electron chi connectivity index (χ0n) is 11.3. The van der Waals surface area contributed by atoms with Gasteiger partial charge in [-0.3, -0.25) is 9.59 Å². The van der Waals surface area contributed by atoms with Crippen molar-refractivity contribution in [3.63, 3.8) is 0 Å².